The lowest BCUT2D eigenvalue weighted by atomic mass is 9.94. The first-order valence-electron chi connectivity index (χ1n) is 14.3. The van der Waals surface area contributed by atoms with E-state index in [0.29, 0.717) is 6.54 Å². The van der Waals surface area contributed by atoms with E-state index < -0.39 is 18.2 Å². The number of carbonyl (C=O) groups excluding carboxylic acids is 3. The highest BCUT2D eigenvalue weighted by atomic mass is 16.3. The van der Waals surface area contributed by atoms with E-state index in [2.05, 4.69) is 10.4 Å². The van der Waals surface area contributed by atoms with E-state index in [-0.39, 0.29) is 43.1 Å². The zero-order chi connectivity index (χ0) is 30.2. The van der Waals surface area contributed by atoms with Crippen molar-refractivity contribution in [3.05, 3.63) is 95.7 Å². The number of nitrogens with zero attached hydrogens (tertiary/aromatic N) is 6. The molecule has 11 nitrogen and oxygen atoms in total. The lowest BCUT2D eigenvalue weighted by molar-refractivity contribution is -0.196. The first kappa shape index (κ1) is 28.2. The van der Waals surface area contributed by atoms with Gasteiger partial charge >= 0.3 is 6.03 Å². The average molecular weight is 582 g/mol. The Morgan fingerprint density at radius 2 is 1.72 bits per heavy atom. The predicted molar refractivity (Wildman–Crippen MR) is 160 cm³/mol. The summed E-state index contributed by atoms with van der Waals surface area (Å²) in [5, 5.41) is 21.4. The molecule has 3 heterocycles. The molecule has 0 aliphatic carbocycles. The molecule has 2 N–H and O–H groups in total. The quantitative estimate of drug-likeness (QED) is 0.362. The molecule has 0 saturated carbocycles. The maximum atomic E-state index is 14.4. The van der Waals surface area contributed by atoms with Crippen LogP contribution in [0.2, 0.25) is 0 Å². The first-order valence-corrected chi connectivity index (χ1v) is 14.3. The minimum atomic E-state index is -0.845. The number of amides is 4. The number of phenols is 1. The normalized spacial score (nSPS) is 20.9. The minimum absolute atomic E-state index is 0.0460. The fourth-order valence-electron chi connectivity index (χ4n) is 6.31. The number of aromatic hydroxyl groups is 1. The number of nitrogens with one attached hydrogen (secondary N) is 1. The molecule has 4 amide bonds. The third-order valence-corrected chi connectivity index (χ3v) is 8.43. The van der Waals surface area contributed by atoms with Gasteiger partial charge in [-0.25, -0.2) is 14.8 Å². The summed E-state index contributed by atoms with van der Waals surface area (Å²) in [7, 11) is 3.59. The van der Waals surface area contributed by atoms with Crippen molar-refractivity contribution in [1.82, 2.24) is 34.9 Å². The Labute approximate surface area is 249 Å². The van der Waals surface area contributed by atoms with Gasteiger partial charge in [0.1, 0.15) is 18.0 Å². The number of aromatic nitrogens is 2. The summed E-state index contributed by atoms with van der Waals surface area (Å²) in [6.45, 7) is 2.45. The molecule has 2 aliphatic rings. The van der Waals surface area contributed by atoms with E-state index in [1.165, 1.54) is 0 Å². The van der Waals surface area contributed by atoms with Crippen molar-refractivity contribution in [2.24, 2.45) is 7.05 Å². The molecule has 43 heavy (non-hydrogen) atoms. The summed E-state index contributed by atoms with van der Waals surface area (Å²) in [5.74, 6) is -0.302. The number of aryl methyl sites for hydroxylation is 1. The summed E-state index contributed by atoms with van der Waals surface area (Å²) in [5.41, 5.74) is 3.59. The van der Waals surface area contributed by atoms with Gasteiger partial charge in [-0.3, -0.25) is 14.3 Å². The van der Waals surface area contributed by atoms with Crippen LogP contribution in [-0.2, 0) is 36.1 Å². The predicted octanol–water partition coefficient (Wildman–Crippen LogP) is 2.85. The van der Waals surface area contributed by atoms with Gasteiger partial charge in [0.15, 0.2) is 0 Å². The number of para-hydroxylation sites is 1. The van der Waals surface area contributed by atoms with Crippen LogP contribution < -0.4 is 5.32 Å². The van der Waals surface area contributed by atoms with E-state index >= 15 is 0 Å². The van der Waals surface area contributed by atoms with Gasteiger partial charge in [-0.05, 0) is 35.7 Å². The minimum Gasteiger partial charge on any atom is -0.508 e. The zero-order valence-corrected chi connectivity index (χ0v) is 24.4. The fourth-order valence-corrected chi connectivity index (χ4v) is 6.31. The van der Waals surface area contributed by atoms with Crippen LogP contribution in [0.15, 0.2) is 79.0 Å². The molecule has 1 aromatic heterocycles. The zero-order valence-electron chi connectivity index (χ0n) is 24.4. The topological polar surface area (TPSA) is 114 Å². The Morgan fingerprint density at radius 1 is 0.977 bits per heavy atom. The van der Waals surface area contributed by atoms with Gasteiger partial charge < -0.3 is 20.2 Å². The van der Waals surface area contributed by atoms with E-state index in [1.54, 1.807) is 62.0 Å². The van der Waals surface area contributed by atoms with Gasteiger partial charge in [-0.2, -0.15) is 5.10 Å². The number of carbonyl (C=O) groups is 3. The van der Waals surface area contributed by atoms with Crippen molar-refractivity contribution in [2.75, 3.05) is 13.6 Å². The lowest BCUT2D eigenvalue weighted by Gasteiger charge is -2.57. The molecule has 2 saturated heterocycles. The summed E-state index contributed by atoms with van der Waals surface area (Å²) < 4.78 is 1.80. The average Bonchev–Trinajstić information content (AvgIpc) is 3.39. The second-order valence-electron chi connectivity index (χ2n) is 11.2. The van der Waals surface area contributed by atoms with Gasteiger partial charge in [0.05, 0.1) is 24.3 Å². The van der Waals surface area contributed by atoms with Gasteiger partial charge in [0.25, 0.3) is 0 Å². The van der Waals surface area contributed by atoms with Gasteiger partial charge in [-0.1, -0.05) is 60.7 Å². The van der Waals surface area contributed by atoms with Crippen LogP contribution in [0, 0.1) is 0 Å². The van der Waals surface area contributed by atoms with Crippen LogP contribution in [-0.4, -0.2) is 84.4 Å². The van der Waals surface area contributed by atoms with Crippen molar-refractivity contribution >= 4 is 28.7 Å². The molecule has 3 aromatic carbocycles. The van der Waals surface area contributed by atoms with Crippen LogP contribution in [0.3, 0.4) is 0 Å². The molecule has 2 fully saturated rings. The molecule has 222 valence electrons. The smallest absolute Gasteiger partial charge is 0.334 e. The number of urea groups is 1. The number of piperazine rings is 1. The van der Waals surface area contributed by atoms with E-state index in [9.17, 15) is 19.5 Å². The Balaban J connectivity index is 1.38. The molecule has 0 bridgehead atoms. The maximum Gasteiger partial charge on any atom is 0.334 e. The second kappa shape index (κ2) is 11.4. The Hall–Kier alpha value is -4.90. The van der Waals surface area contributed by atoms with Crippen LogP contribution in [0.5, 0.6) is 5.75 Å². The van der Waals surface area contributed by atoms with Crippen molar-refractivity contribution in [2.45, 2.75) is 44.7 Å². The van der Waals surface area contributed by atoms with Crippen molar-refractivity contribution < 1.29 is 19.5 Å². The van der Waals surface area contributed by atoms with E-state index in [1.807, 2.05) is 62.5 Å². The molecule has 2 aliphatic heterocycles. The third kappa shape index (κ3) is 5.27. The van der Waals surface area contributed by atoms with E-state index in [0.717, 1.165) is 27.6 Å². The van der Waals surface area contributed by atoms with Crippen molar-refractivity contribution in [3.63, 3.8) is 0 Å². The summed E-state index contributed by atoms with van der Waals surface area (Å²) in [6.07, 6.45) is 1.29. The Morgan fingerprint density at radius 3 is 2.47 bits per heavy atom. The summed E-state index contributed by atoms with van der Waals surface area (Å²) >= 11 is 0. The van der Waals surface area contributed by atoms with Gasteiger partial charge in [0, 0.05) is 39.0 Å². The van der Waals surface area contributed by atoms with Crippen molar-refractivity contribution in [3.8, 4) is 5.75 Å². The number of hydrazine groups is 1. The molecule has 11 heteroatoms. The number of fused-ring (bicyclic) bond motifs is 2. The number of rotatable bonds is 6. The first-order chi connectivity index (χ1) is 20.7. The van der Waals surface area contributed by atoms with Crippen LogP contribution in [0.25, 0.3) is 10.9 Å². The standard InChI is InChI=1S/C32H35N7O4/c1-21-30-38(28(41)20-35(2)39(30)32(43)33-17-23-8-5-4-6-9-23)27(16-22-12-14-26(40)15-13-22)31(42)37(21)19-25-11-7-10-24-18-34-36(3)29(24)25/h4-15,18,21,27,30,40H,16-17,19-20H2,1-3H3,(H,33,43)/t21-,27-,30-/m0/s1. The number of benzene rings is 3. The molecule has 0 radical (unpaired) electrons. The highest BCUT2D eigenvalue weighted by molar-refractivity contribution is 5.92. The van der Waals surface area contributed by atoms with Crippen LogP contribution in [0.1, 0.15) is 23.6 Å². The van der Waals surface area contributed by atoms with Crippen LogP contribution >= 0.6 is 0 Å². The molecule has 0 unspecified atom stereocenters. The van der Waals surface area contributed by atoms with Gasteiger partial charge in [-0.15, -0.1) is 0 Å². The molecule has 4 aromatic rings. The highest BCUT2D eigenvalue weighted by Gasteiger charge is 2.54. The van der Waals surface area contributed by atoms with E-state index in [4.69, 9.17) is 0 Å². The molecule has 6 rings (SSSR count). The second-order valence-corrected chi connectivity index (χ2v) is 11.2. The maximum absolute atomic E-state index is 14.4. The number of likely N-dealkylation sites (N-methyl/N-ethyl adjacent to an activating group) is 1. The molecular weight excluding hydrogens is 546 g/mol. The highest BCUT2D eigenvalue weighted by Crippen LogP contribution is 2.33. The largest absolute Gasteiger partial charge is 0.508 e. The summed E-state index contributed by atoms with van der Waals surface area (Å²) in [4.78, 5) is 45.2. The number of hydrogen-bond acceptors (Lipinski definition) is 6. The monoisotopic (exact) mass is 581 g/mol. The molecule has 3 atom stereocenters. The third-order valence-electron chi connectivity index (χ3n) is 8.43. The number of phenolic OH excluding ortho intramolecular Hbond substituents is 1. The Bertz CT molecular complexity index is 1660. The van der Waals surface area contributed by atoms with Crippen molar-refractivity contribution in [1.29, 1.82) is 0 Å². The molecular formula is C32H35N7O4. The molecule has 0 spiro atoms. The Kier molecular flexibility index (Phi) is 7.49. The van der Waals surface area contributed by atoms with Gasteiger partial charge in [0.2, 0.25) is 11.8 Å². The number of hydrogen-bond donors (Lipinski definition) is 2. The van der Waals surface area contributed by atoms with Crippen LogP contribution in [0.4, 0.5) is 4.79 Å². The lowest BCUT2D eigenvalue weighted by Crippen LogP contribution is -2.78. The SMILES string of the molecule is C[C@H]1[C@H]2N(C(=O)CN(C)N2C(=O)NCc2ccccc2)[C@@H](Cc2ccc(O)cc2)C(=O)N1Cc1cccc2cnn(C)c12. The summed E-state index contributed by atoms with van der Waals surface area (Å²) in [6, 6.07) is 20.4. The fraction of sp³-hybridized carbons (Fsp3) is 0.312.